The van der Waals surface area contributed by atoms with E-state index in [9.17, 15) is 9.59 Å². The lowest BCUT2D eigenvalue weighted by Gasteiger charge is -2.06. The Morgan fingerprint density at radius 1 is 1.15 bits per heavy atom. The zero-order valence-corrected chi connectivity index (χ0v) is 14.5. The van der Waals surface area contributed by atoms with Crippen molar-refractivity contribution < 1.29 is 14.3 Å². The molecule has 2 aromatic carbocycles. The molecule has 0 bridgehead atoms. The predicted octanol–water partition coefficient (Wildman–Crippen LogP) is 4.18. The van der Waals surface area contributed by atoms with Crippen LogP contribution in [-0.2, 0) is 16.1 Å². The molecule has 132 valence electrons. The Hall–Kier alpha value is -3.08. The first-order valence-corrected chi connectivity index (χ1v) is 8.75. The molecule has 5 heteroatoms. The van der Waals surface area contributed by atoms with Crippen LogP contribution in [0.15, 0.2) is 48.5 Å². The van der Waals surface area contributed by atoms with E-state index < -0.39 is 0 Å². The van der Waals surface area contributed by atoms with E-state index >= 15 is 0 Å². The van der Waals surface area contributed by atoms with E-state index in [2.05, 4.69) is 23.3 Å². The van der Waals surface area contributed by atoms with Gasteiger partial charge < -0.3 is 15.0 Å². The molecule has 0 aliphatic heterocycles. The first kappa shape index (κ1) is 16.4. The molecule has 1 aliphatic rings. The SMILES string of the molecule is Cc1cccc2[nH]c(COC(=O)c3ccc(NC(=O)C4CC4)cc3)cc12. The summed E-state index contributed by atoms with van der Waals surface area (Å²) in [4.78, 5) is 27.2. The quantitative estimate of drug-likeness (QED) is 0.680. The number of aromatic nitrogens is 1. The Kier molecular flexibility index (Phi) is 4.21. The lowest BCUT2D eigenvalue weighted by molar-refractivity contribution is -0.117. The zero-order chi connectivity index (χ0) is 18.1. The minimum absolute atomic E-state index is 0.0504. The van der Waals surface area contributed by atoms with Crippen LogP contribution in [0.1, 0.15) is 34.5 Å². The number of anilines is 1. The summed E-state index contributed by atoms with van der Waals surface area (Å²) in [5.74, 6) is -0.186. The highest BCUT2D eigenvalue weighted by Gasteiger charge is 2.29. The van der Waals surface area contributed by atoms with Gasteiger partial charge in [0, 0.05) is 22.5 Å². The van der Waals surface area contributed by atoms with Crippen molar-refractivity contribution in [1.82, 2.24) is 4.98 Å². The highest BCUT2D eigenvalue weighted by molar-refractivity contribution is 5.95. The molecule has 0 atom stereocenters. The van der Waals surface area contributed by atoms with E-state index in [1.165, 1.54) is 5.56 Å². The Labute approximate surface area is 151 Å². The number of amides is 1. The number of H-pyrrole nitrogens is 1. The molecule has 1 amide bonds. The summed E-state index contributed by atoms with van der Waals surface area (Å²) in [7, 11) is 0. The second kappa shape index (κ2) is 6.67. The minimum atomic E-state index is -0.388. The summed E-state index contributed by atoms with van der Waals surface area (Å²) in [5.41, 5.74) is 4.23. The second-order valence-corrected chi connectivity index (χ2v) is 6.75. The molecule has 5 nitrogen and oxygen atoms in total. The number of nitrogens with one attached hydrogen (secondary N) is 2. The van der Waals surface area contributed by atoms with Crippen molar-refractivity contribution in [3.63, 3.8) is 0 Å². The summed E-state index contributed by atoms with van der Waals surface area (Å²) >= 11 is 0. The second-order valence-electron chi connectivity index (χ2n) is 6.75. The van der Waals surface area contributed by atoms with Crippen LogP contribution >= 0.6 is 0 Å². The van der Waals surface area contributed by atoms with Gasteiger partial charge in [-0.2, -0.15) is 0 Å². The van der Waals surface area contributed by atoms with Crippen molar-refractivity contribution in [1.29, 1.82) is 0 Å². The predicted molar refractivity (Wildman–Crippen MR) is 100.0 cm³/mol. The Morgan fingerprint density at radius 2 is 1.92 bits per heavy atom. The van der Waals surface area contributed by atoms with Gasteiger partial charge in [0.1, 0.15) is 6.61 Å². The molecule has 2 N–H and O–H groups in total. The number of rotatable bonds is 5. The molecule has 4 rings (SSSR count). The number of carbonyl (C=O) groups is 2. The molecule has 1 heterocycles. The standard InChI is InChI=1S/C21H20N2O3/c1-13-3-2-4-19-18(13)11-17(22-19)12-26-21(25)15-7-9-16(10-8-15)23-20(24)14-5-6-14/h2-4,7-11,14,22H,5-6,12H2,1H3,(H,23,24). The molecule has 1 aromatic heterocycles. The third kappa shape index (κ3) is 3.47. The largest absolute Gasteiger partial charge is 0.456 e. The first-order valence-electron chi connectivity index (χ1n) is 8.75. The van der Waals surface area contributed by atoms with Crippen molar-refractivity contribution in [2.45, 2.75) is 26.4 Å². The lowest BCUT2D eigenvalue weighted by Crippen LogP contribution is -2.13. The van der Waals surface area contributed by atoms with E-state index in [0.717, 1.165) is 29.4 Å². The molecule has 0 unspecified atom stereocenters. The van der Waals surface area contributed by atoms with Crippen LogP contribution in [0.5, 0.6) is 0 Å². The van der Waals surface area contributed by atoms with Crippen LogP contribution in [0.2, 0.25) is 0 Å². The Balaban J connectivity index is 1.37. The lowest BCUT2D eigenvalue weighted by atomic mass is 10.1. The first-order chi connectivity index (χ1) is 12.6. The number of carbonyl (C=O) groups excluding carboxylic acids is 2. The number of hydrogen-bond donors (Lipinski definition) is 2. The number of aryl methyl sites for hydroxylation is 1. The van der Waals surface area contributed by atoms with Crippen LogP contribution < -0.4 is 5.32 Å². The number of fused-ring (bicyclic) bond motifs is 1. The zero-order valence-electron chi connectivity index (χ0n) is 14.5. The highest BCUT2D eigenvalue weighted by atomic mass is 16.5. The molecule has 1 aliphatic carbocycles. The van der Waals surface area contributed by atoms with E-state index in [-0.39, 0.29) is 24.4 Å². The molecule has 0 spiro atoms. The van der Waals surface area contributed by atoms with Crippen molar-refractivity contribution >= 4 is 28.5 Å². The maximum absolute atomic E-state index is 12.2. The van der Waals surface area contributed by atoms with Crippen LogP contribution in [0.3, 0.4) is 0 Å². The third-order valence-electron chi connectivity index (χ3n) is 4.63. The molecule has 3 aromatic rings. The molecule has 1 fully saturated rings. The summed E-state index contributed by atoms with van der Waals surface area (Å²) in [6, 6.07) is 14.8. The van der Waals surface area contributed by atoms with Crippen LogP contribution in [0, 0.1) is 12.8 Å². The summed E-state index contributed by atoms with van der Waals surface area (Å²) in [6.45, 7) is 2.24. The maximum atomic E-state index is 12.2. The minimum Gasteiger partial charge on any atom is -0.456 e. The fourth-order valence-electron chi connectivity index (χ4n) is 2.95. The van der Waals surface area contributed by atoms with E-state index in [1.807, 2.05) is 18.2 Å². The molecular formula is C21H20N2O3. The number of esters is 1. The average Bonchev–Trinajstić information content (AvgIpc) is 3.41. The highest BCUT2D eigenvalue weighted by Crippen LogP contribution is 2.30. The Bertz CT molecular complexity index is 969. The van der Waals surface area contributed by atoms with Crippen molar-refractivity contribution in [3.05, 3.63) is 65.4 Å². The average molecular weight is 348 g/mol. The molecular weight excluding hydrogens is 328 g/mol. The molecule has 0 saturated heterocycles. The fourth-order valence-corrected chi connectivity index (χ4v) is 2.95. The van der Waals surface area contributed by atoms with Crippen molar-refractivity contribution in [3.8, 4) is 0 Å². The van der Waals surface area contributed by atoms with Crippen LogP contribution in [-0.4, -0.2) is 16.9 Å². The van der Waals surface area contributed by atoms with Gasteiger partial charge in [0.15, 0.2) is 0 Å². The molecule has 26 heavy (non-hydrogen) atoms. The van der Waals surface area contributed by atoms with Gasteiger partial charge in [-0.1, -0.05) is 12.1 Å². The van der Waals surface area contributed by atoms with Gasteiger partial charge in [-0.15, -0.1) is 0 Å². The van der Waals surface area contributed by atoms with Gasteiger partial charge >= 0.3 is 5.97 Å². The number of hydrogen-bond acceptors (Lipinski definition) is 3. The Morgan fingerprint density at radius 3 is 2.62 bits per heavy atom. The van der Waals surface area contributed by atoms with Gasteiger partial charge in [-0.05, 0) is 61.7 Å². The number of aromatic amines is 1. The summed E-state index contributed by atoms with van der Waals surface area (Å²) < 4.78 is 5.40. The van der Waals surface area contributed by atoms with E-state index in [4.69, 9.17) is 4.74 Å². The van der Waals surface area contributed by atoms with Gasteiger partial charge in [0.05, 0.1) is 11.3 Å². The maximum Gasteiger partial charge on any atom is 0.338 e. The van der Waals surface area contributed by atoms with Gasteiger partial charge in [0.25, 0.3) is 0 Å². The normalized spacial score (nSPS) is 13.6. The summed E-state index contributed by atoms with van der Waals surface area (Å²) in [5, 5.41) is 3.99. The molecule has 0 radical (unpaired) electrons. The third-order valence-corrected chi connectivity index (χ3v) is 4.63. The van der Waals surface area contributed by atoms with Gasteiger partial charge in [-0.3, -0.25) is 4.79 Å². The van der Waals surface area contributed by atoms with Crippen LogP contribution in [0.25, 0.3) is 10.9 Å². The monoisotopic (exact) mass is 348 g/mol. The fraction of sp³-hybridized carbons (Fsp3) is 0.238. The van der Waals surface area contributed by atoms with Gasteiger partial charge in [-0.25, -0.2) is 4.79 Å². The number of benzene rings is 2. The van der Waals surface area contributed by atoms with Crippen molar-refractivity contribution in [2.24, 2.45) is 5.92 Å². The van der Waals surface area contributed by atoms with E-state index in [0.29, 0.717) is 11.3 Å². The van der Waals surface area contributed by atoms with E-state index in [1.54, 1.807) is 24.3 Å². The molecule has 1 saturated carbocycles. The topological polar surface area (TPSA) is 71.2 Å². The summed E-state index contributed by atoms with van der Waals surface area (Å²) in [6.07, 6.45) is 1.92. The smallest absolute Gasteiger partial charge is 0.338 e. The van der Waals surface area contributed by atoms with Gasteiger partial charge in [0.2, 0.25) is 5.91 Å². The number of ether oxygens (including phenoxy) is 1. The van der Waals surface area contributed by atoms with Crippen LogP contribution in [0.4, 0.5) is 5.69 Å². The van der Waals surface area contributed by atoms with Crippen molar-refractivity contribution in [2.75, 3.05) is 5.32 Å².